The molecule has 1 saturated heterocycles. The molecule has 1 fully saturated rings. The maximum atomic E-state index is 11.3. The predicted molar refractivity (Wildman–Crippen MR) is 95.3 cm³/mol. The van der Waals surface area contributed by atoms with Crippen molar-refractivity contribution in [2.75, 3.05) is 13.1 Å². The normalized spacial score (nSPS) is 14.8. The van der Waals surface area contributed by atoms with Gasteiger partial charge in [-0.25, -0.2) is 0 Å². The fraction of sp³-hybridized carbons (Fsp3) is 0.250. The van der Waals surface area contributed by atoms with E-state index in [9.17, 15) is 4.79 Å². The molecule has 118 valence electrons. The van der Waals surface area contributed by atoms with E-state index >= 15 is 0 Å². The van der Waals surface area contributed by atoms with E-state index in [1.165, 1.54) is 11.1 Å². The van der Waals surface area contributed by atoms with Crippen LogP contribution < -0.4 is 10.6 Å². The maximum Gasteiger partial charge on any atom is 0.159 e. The van der Waals surface area contributed by atoms with Gasteiger partial charge in [0.1, 0.15) is 0 Å². The molecule has 1 aliphatic rings. The van der Waals surface area contributed by atoms with Crippen molar-refractivity contribution in [1.82, 2.24) is 10.6 Å². The van der Waals surface area contributed by atoms with E-state index in [2.05, 4.69) is 47.1 Å². The highest BCUT2D eigenvalue weighted by Gasteiger charge is 2.14. The zero-order valence-corrected chi connectivity index (χ0v) is 13.4. The van der Waals surface area contributed by atoms with Crippen molar-refractivity contribution in [1.29, 1.82) is 0 Å². The number of carbonyl (C=O) groups is 1. The Morgan fingerprint density at radius 3 is 2.09 bits per heavy atom. The van der Waals surface area contributed by atoms with Gasteiger partial charge in [0, 0.05) is 31.2 Å². The van der Waals surface area contributed by atoms with Gasteiger partial charge in [0.25, 0.3) is 0 Å². The first-order valence-electron chi connectivity index (χ1n) is 8.03. The summed E-state index contributed by atoms with van der Waals surface area (Å²) in [5.41, 5.74) is 4.33. The molecule has 3 rings (SSSR count). The third-order valence-corrected chi connectivity index (χ3v) is 4.14. The molecular formula is C20H22N2O. The monoisotopic (exact) mass is 306 g/mol. The fourth-order valence-electron chi connectivity index (χ4n) is 2.46. The summed E-state index contributed by atoms with van der Waals surface area (Å²) >= 11 is 0. The van der Waals surface area contributed by atoms with Gasteiger partial charge < -0.3 is 10.6 Å². The maximum absolute atomic E-state index is 11.3. The van der Waals surface area contributed by atoms with Crippen LogP contribution in [0.4, 0.5) is 0 Å². The zero-order valence-electron chi connectivity index (χ0n) is 13.4. The Morgan fingerprint density at radius 2 is 1.61 bits per heavy atom. The van der Waals surface area contributed by atoms with Crippen LogP contribution in [0, 0.1) is 0 Å². The second-order valence-corrected chi connectivity index (χ2v) is 5.99. The van der Waals surface area contributed by atoms with E-state index < -0.39 is 0 Å². The summed E-state index contributed by atoms with van der Waals surface area (Å²) in [4.78, 5) is 11.3. The van der Waals surface area contributed by atoms with Gasteiger partial charge in [-0.15, -0.1) is 0 Å². The van der Waals surface area contributed by atoms with E-state index in [0.29, 0.717) is 6.04 Å². The van der Waals surface area contributed by atoms with Crippen LogP contribution in [0.2, 0.25) is 0 Å². The molecule has 0 bridgehead atoms. The standard InChI is InChI=1S/C20H22N2O/c1-15(23)19-10-8-17(9-11-19)3-2-16-4-6-18(7-5-16)12-22-20-13-21-14-20/h2-11,20-22H,12-14H2,1H3/b3-2+. The smallest absolute Gasteiger partial charge is 0.159 e. The van der Waals surface area contributed by atoms with E-state index in [-0.39, 0.29) is 5.78 Å². The molecule has 0 spiro atoms. The number of hydrogen-bond donors (Lipinski definition) is 2. The van der Waals surface area contributed by atoms with E-state index in [0.717, 1.165) is 30.8 Å². The Hall–Kier alpha value is -2.23. The molecule has 1 aliphatic heterocycles. The third-order valence-electron chi connectivity index (χ3n) is 4.14. The lowest BCUT2D eigenvalue weighted by Crippen LogP contribution is -2.54. The minimum atomic E-state index is 0.0995. The summed E-state index contributed by atoms with van der Waals surface area (Å²) < 4.78 is 0. The minimum absolute atomic E-state index is 0.0995. The molecule has 3 heteroatoms. The molecule has 0 atom stereocenters. The van der Waals surface area contributed by atoms with Crippen molar-refractivity contribution >= 4 is 17.9 Å². The summed E-state index contributed by atoms with van der Waals surface area (Å²) in [5.74, 6) is 0.0995. The van der Waals surface area contributed by atoms with E-state index in [4.69, 9.17) is 0 Å². The second kappa shape index (κ2) is 7.36. The average molecular weight is 306 g/mol. The van der Waals surface area contributed by atoms with Crippen LogP contribution in [0.3, 0.4) is 0 Å². The van der Waals surface area contributed by atoms with Gasteiger partial charge >= 0.3 is 0 Å². The lowest BCUT2D eigenvalue weighted by Gasteiger charge is -2.28. The highest BCUT2D eigenvalue weighted by atomic mass is 16.1. The Kier molecular flexibility index (Phi) is 5.01. The molecular weight excluding hydrogens is 284 g/mol. The number of ketones is 1. The molecule has 2 N–H and O–H groups in total. The molecule has 1 heterocycles. The van der Waals surface area contributed by atoms with Crippen LogP contribution in [0.15, 0.2) is 48.5 Å². The quantitative estimate of drug-likeness (QED) is 0.636. The number of benzene rings is 2. The lowest BCUT2D eigenvalue weighted by atomic mass is 10.1. The Labute approximate surface area is 137 Å². The predicted octanol–water partition coefficient (Wildman–Crippen LogP) is 3.12. The minimum Gasteiger partial charge on any atom is -0.314 e. The van der Waals surface area contributed by atoms with Gasteiger partial charge in [-0.2, -0.15) is 0 Å². The topological polar surface area (TPSA) is 41.1 Å². The summed E-state index contributed by atoms with van der Waals surface area (Å²) in [5, 5.41) is 6.78. The summed E-state index contributed by atoms with van der Waals surface area (Å²) in [6.45, 7) is 4.65. The van der Waals surface area contributed by atoms with Gasteiger partial charge in [0.2, 0.25) is 0 Å². The van der Waals surface area contributed by atoms with Crippen molar-refractivity contribution < 1.29 is 4.79 Å². The first-order valence-corrected chi connectivity index (χ1v) is 8.03. The molecule has 0 unspecified atom stereocenters. The van der Waals surface area contributed by atoms with Crippen LogP contribution >= 0.6 is 0 Å². The number of Topliss-reactive ketones (excluding diaryl/α,β-unsaturated/α-hetero) is 1. The molecule has 3 nitrogen and oxygen atoms in total. The molecule has 2 aromatic carbocycles. The van der Waals surface area contributed by atoms with Crippen LogP contribution in [-0.2, 0) is 6.54 Å². The lowest BCUT2D eigenvalue weighted by molar-refractivity contribution is 0.101. The van der Waals surface area contributed by atoms with Crippen molar-refractivity contribution in [2.24, 2.45) is 0 Å². The van der Waals surface area contributed by atoms with Crippen LogP contribution in [0.1, 0.15) is 34.0 Å². The number of rotatable bonds is 6. The first-order chi connectivity index (χ1) is 11.2. The van der Waals surface area contributed by atoms with Crippen LogP contribution in [0.25, 0.3) is 12.2 Å². The Bertz CT molecular complexity index is 683. The van der Waals surface area contributed by atoms with Gasteiger partial charge in [-0.05, 0) is 23.6 Å². The zero-order chi connectivity index (χ0) is 16.1. The molecule has 0 amide bonds. The summed E-state index contributed by atoms with van der Waals surface area (Å²) in [6, 6.07) is 16.9. The highest BCUT2D eigenvalue weighted by molar-refractivity contribution is 5.94. The van der Waals surface area contributed by atoms with Gasteiger partial charge in [0.05, 0.1) is 0 Å². The van der Waals surface area contributed by atoms with Crippen LogP contribution in [-0.4, -0.2) is 24.9 Å². The Morgan fingerprint density at radius 1 is 1.04 bits per heavy atom. The first kappa shape index (κ1) is 15.7. The van der Waals surface area contributed by atoms with E-state index in [1.54, 1.807) is 6.92 Å². The molecule has 0 aliphatic carbocycles. The molecule has 23 heavy (non-hydrogen) atoms. The molecule has 0 saturated carbocycles. The fourth-order valence-corrected chi connectivity index (χ4v) is 2.46. The summed E-state index contributed by atoms with van der Waals surface area (Å²) in [7, 11) is 0. The van der Waals surface area contributed by atoms with Gasteiger partial charge in [-0.3, -0.25) is 4.79 Å². The third kappa shape index (κ3) is 4.38. The number of hydrogen-bond acceptors (Lipinski definition) is 3. The highest BCUT2D eigenvalue weighted by Crippen LogP contribution is 2.11. The van der Waals surface area contributed by atoms with Crippen molar-refractivity contribution in [2.45, 2.75) is 19.5 Å². The molecule has 0 radical (unpaired) electrons. The van der Waals surface area contributed by atoms with Crippen molar-refractivity contribution in [3.05, 3.63) is 70.8 Å². The van der Waals surface area contributed by atoms with E-state index in [1.807, 2.05) is 24.3 Å². The van der Waals surface area contributed by atoms with Gasteiger partial charge in [0.15, 0.2) is 5.78 Å². The number of nitrogens with one attached hydrogen (secondary N) is 2. The van der Waals surface area contributed by atoms with Crippen molar-refractivity contribution in [3.8, 4) is 0 Å². The summed E-state index contributed by atoms with van der Waals surface area (Å²) in [6.07, 6.45) is 4.16. The molecule has 0 aromatic heterocycles. The SMILES string of the molecule is CC(=O)c1ccc(/C=C/c2ccc(CNC3CNC3)cc2)cc1. The average Bonchev–Trinajstić information content (AvgIpc) is 2.53. The van der Waals surface area contributed by atoms with Crippen LogP contribution in [0.5, 0.6) is 0 Å². The number of carbonyl (C=O) groups excluding carboxylic acids is 1. The van der Waals surface area contributed by atoms with Crippen molar-refractivity contribution in [3.63, 3.8) is 0 Å². The van der Waals surface area contributed by atoms with Gasteiger partial charge in [-0.1, -0.05) is 60.7 Å². The Balaban J connectivity index is 1.57. The molecule has 2 aromatic rings. The largest absolute Gasteiger partial charge is 0.314 e. The second-order valence-electron chi connectivity index (χ2n) is 5.99.